The van der Waals surface area contributed by atoms with Crippen molar-refractivity contribution < 1.29 is 13.2 Å². The van der Waals surface area contributed by atoms with Crippen LogP contribution in [0.25, 0.3) is 0 Å². The SMILES string of the molecule is O=S(=O)(Cl)c1cnn2c1OCCC2. The van der Waals surface area contributed by atoms with Crippen LogP contribution in [0, 0.1) is 0 Å². The summed E-state index contributed by atoms with van der Waals surface area (Å²) in [6.07, 6.45) is 2.04. The van der Waals surface area contributed by atoms with Gasteiger partial charge in [-0.25, -0.2) is 13.1 Å². The zero-order valence-electron chi connectivity index (χ0n) is 6.60. The lowest BCUT2D eigenvalue weighted by Gasteiger charge is -2.14. The maximum absolute atomic E-state index is 11.0. The van der Waals surface area contributed by atoms with Crippen LogP contribution < -0.4 is 4.74 Å². The molecule has 0 aliphatic carbocycles. The van der Waals surface area contributed by atoms with Crippen molar-refractivity contribution in [2.75, 3.05) is 6.61 Å². The lowest BCUT2D eigenvalue weighted by atomic mass is 10.4. The van der Waals surface area contributed by atoms with Crippen LogP contribution >= 0.6 is 10.7 Å². The van der Waals surface area contributed by atoms with Crippen LogP contribution in [-0.2, 0) is 15.6 Å². The number of fused-ring (bicyclic) bond motifs is 1. The third-order valence-corrected chi connectivity index (χ3v) is 3.08. The first kappa shape index (κ1) is 8.83. The van der Waals surface area contributed by atoms with Crippen molar-refractivity contribution in [3.05, 3.63) is 6.20 Å². The number of aromatic nitrogens is 2. The Hall–Kier alpha value is -0.750. The Morgan fingerprint density at radius 2 is 2.38 bits per heavy atom. The standard InChI is InChI=1S/C6H7ClN2O3S/c7-13(10,11)5-4-8-9-2-1-3-12-6(5)9/h4H,1-3H2. The Morgan fingerprint density at radius 3 is 3.08 bits per heavy atom. The molecule has 0 bridgehead atoms. The molecule has 0 saturated carbocycles. The molecule has 0 radical (unpaired) electrons. The minimum absolute atomic E-state index is 0.0473. The van der Waals surface area contributed by atoms with Gasteiger partial charge in [-0.3, -0.25) is 0 Å². The van der Waals surface area contributed by atoms with Crippen LogP contribution in [0.15, 0.2) is 11.1 Å². The quantitative estimate of drug-likeness (QED) is 0.653. The van der Waals surface area contributed by atoms with Crippen LogP contribution in [0.1, 0.15) is 6.42 Å². The number of nitrogens with zero attached hydrogens (tertiary/aromatic N) is 2. The van der Waals surface area contributed by atoms with Gasteiger partial charge in [-0.1, -0.05) is 0 Å². The molecular formula is C6H7ClN2O3S. The van der Waals surface area contributed by atoms with E-state index >= 15 is 0 Å². The van der Waals surface area contributed by atoms with Gasteiger partial charge in [0.05, 0.1) is 12.8 Å². The van der Waals surface area contributed by atoms with Crippen molar-refractivity contribution in [3.63, 3.8) is 0 Å². The van der Waals surface area contributed by atoms with Gasteiger partial charge in [0.15, 0.2) is 4.90 Å². The average molecular weight is 223 g/mol. The summed E-state index contributed by atoms with van der Waals surface area (Å²) in [5.41, 5.74) is 0. The lowest BCUT2D eigenvalue weighted by Crippen LogP contribution is -2.15. The zero-order chi connectivity index (χ0) is 9.47. The smallest absolute Gasteiger partial charge is 0.268 e. The van der Waals surface area contributed by atoms with Gasteiger partial charge in [0.1, 0.15) is 0 Å². The van der Waals surface area contributed by atoms with E-state index in [0.717, 1.165) is 6.42 Å². The van der Waals surface area contributed by atoms with Crippen molar-refractivity contribution >= 4 is 19.7 Å². The van der Waals surface area contributed by atoms with Crippen LogP contribution in [0.3, 0.4) is 0 Å². The molecule has 1 aliphatic heterocycles. The second-order valence-corrected chi connectivity index (χ2v) is 5.21. The highest BCUT2D eigenvalue weighted by atomic mass is 35.7. The number of hydrogen-bond acceptors (Lipinski definition) is 4. The highest BCUT2D eigenvalue weighted by molar-refractivity contribution is 8.13. The van der Waals surface area contributed by atoms with Crippen LogP contribution in [0.4, 0.5) is 0 Å². The van der Waals surface area contributed by atoms with Crippen molar-refractivity contribution in [1.82, 2.24) is 9.78 Å². The van der Waals surface area contributed by atoms with E-state index in [1.54, 1.807) is 0 Å². The van der Waals surface area contributed by atoms with E-state index in [1.807, 2.05) is 0 Å². The normalized spacial score (nSPS) is 16.4. The van der Waals surface area contributed by atoms with Gasteiger partial charge in [0.25, 0.3) is 9.05 Å². The Labute approximate surface area is 79.7 Å². The molecule has 7 heteroatoms. The molecule has 0 fully saturated rings. The van der Waals surface area contributed by atoms with Gasteiger partial charge in [-0.2, -0.15) is 5.10 Å². The van der Waals surface area contributed by atoms with Crippen LogP contribution in [0.5, 0.6) is 5.88 Å². The molecule has 72 valence electrons. The average Bonchev–Trinajstić information content (AvgIpc) is 2.45. The maximum atomic E-state index is 11.0. The minimum Gasteiger partial charge on any atom is -0.477 e. The summed E-state index contributed by atoms with van der Waals surface area (Å²) in [6, 6.07) is 0. The van der Waals surface area contributed by atoms with Crippen LogP contribution in [0.2, 0.25) is 0 Å². The van der Waals surface area contributed by atoms with E-state index in [2.05, 4.69) is 5.10 Å². The molecular weight excluding hydrogens is 216 g/mol. The van der Waals surface area contributed by atoms with E-state index in [4.69, 9.17) is 15.4 Å². The van der Waals surface area contributed by atoms with E-state index in [0.29, 0.717) is 13.2 Å². The van der Waals surface area contributed by atoms with Gasteiger partial charge in [0.2, 0.25) is 5.88 Å². The van der Waals surface area contributed by atoms with Crippen molar-refractivity contribution in [3.8, 4) is 5.88 Å². The molecule has 1 aliphatic rings. The topological polar surface area (TPSA) is 61.2 Å². The largest absolute Gasteiger partial charge is 0.477 e. The summed E-state index contributed by atoms with van der Waals surface area (Å²) in [5, 5.41) is 3.85. The van der Waals surface area contributed by atoms with Crippen molar-refractivity contribution in [1.29, 1.82) is 0 Å². The lowest BCUT2D eigenvalue weighted by molar-refractivity contribution is 0.224. The summed E-state index contributed by atoms with van der Waals surface area (Å²) in [7, 11) is 1.44. The first-order valence-electron chi connectivity index (χ1n) is 3.72. The first-order chi connectivity index (χ1) is 6.09. The number of aryl methyl sites for hydroxylation is 1. The van der Waals surface area contributed by atoms with Crippen molar-refractivity contribution in [2.24, 2.45) is 0 Å². The Balaban J connectivity index is 2.55. The Bertz CT molecular complexity index is 425. The third-order valence-electron chi connectivity index (χ3n) is 1.78. The fourth-order valence-corrected chi connectivity index (χ4v) is 2.08. The molecule has 0 N–H and O–H groups in total. The van der Waals surface area contributed by atoms with Gasteiger partial charge in [-0.15, -0.1) is 0 Å². The summed E-state index contributed by atoms with van der Waals surface area (Å²) < 4.78 is 28.7. The fraction of sp³-hybridized carbons (Fsp3) is 0.500. The van der Waals surface area contributed by atoms with Gasteiger partial charge in [0, 0.05) is 23.6 Å². The molecule has 0 amide bonds. The molecule has 2 rings (SSSR count). The first-order valence-corrected chi connectivity index (χ1v) is 6.03. The highest BCUT2D eigenvalue weighted by Gasteiger charge is 2.24. The van der Waals surface area contributed by atoms with Gasteiger partial charge >= 0.3 is 0 Å². The summed E-state index contributed by atoms with van der Waals surface area (Å²) >= 11 is 0. The molecule has 1 aromatic heterocycles. The molecule has 0 spiro atoms. The van der Waals surface area contributed by atoms with Crippen LogP contribution in [-0.4, -0.2) is 24.8 Å². The van der Waals surface area contributed by atoms with Gasteiger partial charge < -0.3 is 4.74 Å². The van der Waals surface area contributed by atoms with Crippen molar-refractivity contribution in [2.45, 2.75) is 17.9 Å². The van der Waals surface area contributed by atoms with E-state index < -0.39 is 9.05 Å². The number of halogens is 1. The summed E-state index contributed by atoms with van der Waals surface area (Å²) in [6.45, 7) is 1.17. The molecule has 0 unspecified atom stereocenters. The Morgan fingerprint density at radius 1 is 1.62 bits per heavy atom. The maximum Gasteiger partial charge on any atom is 0.268 e. The number of ether oxygens (including phenoxy) is 1. The number of hydrogen-bond donors (Lipinski definition) is 0. The van der Waals surface area contributed by atoms with E-state index in [-0.39, 0.29) is 10.8 Å². The van der Waals surface area contributed by atoms with Gasteiger partial charge in [-0.05, 0) is 0 Å². The Kier molecular flexibility index (Phi) is 1.96. The third kappa shape index (κ3) is 1.51. The number of rotatable bonds is 1. The molecule has 1 aromatic rings. The van der Waals surface area contributed by atoms with E-state index in [1.165, 1.54) is 10.9 Å². The molecule has 5 nitrogen and oxygen atoms in total. The van der Waals surface area contributed by atoms with E-state index in [9.17, 15) is 8.42 Å². The second-order valence-electron chi connectivity index (χ2n) is 2.68. The monoisotopic (exact) mass is 222 g/mol. The minimum atomic E-state index is -3.74. The second kappa shape index (κ2) is 2.88. The summed E-state index contributed by atoms with van der Waals surface area (Å²) in [5.74, 6) is 0.251. The highest BCUT2D eigenvalue weighted by Crippen LogP contribution is 2.28. The molecule has 13 heavy (non-hydrogen) atoms. The zero-order valence-corrected chi connectivity index (χ0v) is 8.18. The predicted molar refractivity (Wildman–Crippen MR) is 45.4 cm³/mol. The predicted octanol–water partition coefficient (Wildman–Crippen LogP) is 0.593. The fourth-order valence-electron chi connectivity index (χ4n) is 1.21. The molecule has 0 aromatic carbocycles. The molecule has 0 atom stereocenters. The summed E-state index contributed by atoms with van der Waals surface area (Å²) in [4.78, 5) is -0.0473. The molecule has 0 saturated heterocycles. The molecule has 2 heterocycles.